The molecule has 0 aromatic carbocycles. The number of rotatable bonds is 7. The van der Waals surface area contributed by atoms with E-state index in [1.807, 2.05) is 13.2 Å². The van der Waals surface area contributed by atoms with E-state index >= 15 is 0 Å². The fraction of sp³-hybridized carbons (Fsp3) is 0.833. The molecule has 0 aliphatic heterocycles. The highest BCUT2D eigenvalue weighted by Gasteiger charge is 2.10. The molecule has 1 aromatic rings. The van der Waals surface area contributed by atoms with Gasteiger partial charge in [0, 0.05) is 19.3 Å². The van der Waals surface area contributed by atoms with Gasteiger partial charge in [-0.25, -0.2) is 0 Å². The normalized spacial score (nSPS) is 13.3. The topological polar surface area (TPSA) is 42.7 Å². The lowest BCUT2D eigenvalue weighted by atomic mass is 9.99. The van der Waals surface area contributed by atoms with Crippen molar-refractivity contribution in [2.24, 2.45) is 13.0 Å². The van der Waals surface area contributed by atoms with Gasteiger partial charge in [-0.05, 0) is 31.7 Å². The second-order valence-corrected chi connectivity index (χ2v) is 4.81. The van der Waals surface area contributed by atoms with Gasteiger partial charge in [0.15, 0.2) is 0 Å². The molecule has 0 saturated carbocycles. The molecule has 0 spiro atoms. The summed E-state index contributed by atoms with van der Waals surface area (Å²) in [7, 11) is 1.91. The molecular weight excluding hydrogens is 200 g/mol. The highest BCUT2D eigenvalue weighted by molar-refractivity contribution is 4.92. The fourth-order valence-electron chi connectivity index (χ4n) is 1.99. The van der Waals surface area contributed by atoms with E-state index in [4.69, 9.17) is 0 Å². The zero-order valence-electron chi connectivity index (χ0n) is 10.9. The minimum Gasteiger partial charge on any atom is -0.314 e. The third kappa shape index (κ3) is 4.75. The molecule has 1 N–H and O–H groups in total. The van der Waals surface area contributed by atoms with Gasteiger partial charge in [-0.1, -0.05) is 26.0 Å². The molecule has 0 fully saturated rings. The number of hydrogen-bond donors (Lipinski definition) is 1. The molecule has 0 aliphatic carbocycles. The fourth-order valence-corrected chi connectivity index (χ4v) is 1.99. The lowest BCUT2D eigenvalue weighted by Crippen LogP contribution is -2.30. The van der Waals surface area contributed by atoms with Crippen molar-refractivity contribution in [2.45, 2.75) is 46.1 Å². The van der Waals surface area contributed by atoms with Gasteiger partial charge in [-0.3, -0.25) is 4.68 Å². The number of hydrogen-bond acceptors (Lipinski definition) is 3. The van der Waals surface area contributed by atoms with Crippen LogP contribution in [0.1, 0.15) is 39.3 Å². The monoisotopic (exact) mass is 224 g/mol. The molecule has 4 heteroatoms. The first kappa shape index (κ1) is 13.2. The van der Waals surface area contributed by atoms with Gasteiger partial charge in [0.25, 0.3) is 0 Å². The summed E-state index contributed by atoms with van der Waals surface area (Å²) in [5, 5.41) is 11.6. The first-order chi connectivity index (χ1) is 7.61. The maximum absolute atomic E-state index is 4.11. The molecular formula is C12H24N4. The van der Waals surface area contributed by atoms with Crippen LogP contribution < -0.4 is 5.32 Å². The Kier molecular flexibility index (Phi) is 5.46. The average molecular weight is 224 g/mol. The van der Waals surface area contributed by atoms with Crippen molar-refractivity contribution in [2.75, 3.05) is 6.54 Å². The largest absolute Gasteiger partial charge is 0.314 e. The van der Waals surface area contributed by atoms with Crippen LogP contribution in [0.3, 0.4) is 0 Å². The van der Waals surface area contributed by atoms with E-state index in [0.717, 1.165) is 31.0 Å². The summed E-state index contributed by atoms with van der Waals surface area (Å²) in [5.74, 6) is 0.742. The zero-order chi connectivity index (χ0) is 12.0. The van der Waals surface area contributed by atoms with Crippen LogP contribution in [0.2, 0.25) is 0 Å². The Morgan fingerprint density at radius 3 is 2.69 bits per heavy atom. The van der Waals surface area contributed by atoms with Gasteiger partial charge < -0.3 is 5.32 Å². The van der Waals surface area contributed by atoms with Crippen LogP contribution in [0.15, 0.2) is 6.20 Å². The summed E-state index contributed by atoms with van der Waals surface area (Å²) in [5.41, 5.74) is 1.09. The molecule has 1 rings (SSSR count). The molecule has 4 nitrogen and oxygen atoms in total. The SMILES string of the molecule is CCNC(CCc1cn(C)nn1)CC(C)C. The Morgan fingerprint density at radius 1 is 1.44 bits per heavy atom. The Morgan fingerprint density at radius 2 is 2.19 bits per heavy atom. The van der Waals surface area contributed by atoms with E-state index in [0.29, 0.717) is 6.04 Å². The van der Waals surface area contributed by atoms with Gasteiger partial charge in [-0.15, -0.1) is 5.10 Å². The van der Waals surface area contributed by atoms with Crippen molar-refractivity contribution in [1.82, 2.24) is 20.3 Å². The van der Waals surface area contributed by atoms with E-state index in [-0.39, 0.29) is 0 Å². The number of nitrogens with one attached hydrogen (secondary N) is 1. The molecule has 0 radical (unpaired) electrons. The van der Waals surface area contributed by atoms with Crippen LogP contribution in [-0.4, -0.2) is 27.6 Å². The minimum atomic E-state index is 0.604. The van der Waals surface area contributed by atoms with Crippen LogP contribution in [0.5, 0.6) is 0 Å². The standard InChI is InChI=1S/C12H24N4/c1-5-13-11(8-10(2)3)6-7-12-9-16(4)15-14-12/h9-11,13H,5-8H2,1-4H3. The summed E-state index contributed by atoms with van der Waals surface area (Å²) in [6, 6.07) is 0.604. The van der Waals surface area contributed by atoms with Crippen LogP contribution in [0.4, 0.5) is 0 Å². The second-order valence-electron chi connectivity index (χ2n) is 4.81. The Hall–Kier alpha value is -0.900. The smallest absolute Gasteiger partial charge is 0.0827 e. The van der Waals surface area contributed by atoms with Gasteiger partial charge in [-0.2, -0.15) is 0 Å². The predicted molar refractivity (Wildman–Crippen MR) is 66.2 cm³/mol. The van der Waals surface area contributed by atoms with E-state index in [2.05, 4.69) is 36.4 Å². The second kappa shape index (κ2) is 6.63. The lowest BCUT2D eigenvalue weighted by molar-refractivity contribution is 0.404. The summed E-state index contributed by atoms with van der Waals surface area (Å²) in [6.07, 6.45) is 5.38. The summed E-state index contributed by atoms with van der Waals surface area (Å²) in [4.78, 5) is 0. The molecule has 1 atom stereocenters. The van der Waals surface area contributed by atoms with E-state index in [1.54, 1.807) is 4.68 Å². The highest BCUT2D eigenvalue weighted by atomic mass is 15.4. The maximum Gasteiger partial charge on any atom is 0.0827 e. The first-order valence-electron chi connectivity index (χ1n) is 6.20. The first-order valence-corrected chi connectivity index (χ1v) is 6.20. The van der Waals surface area contributed by atoms with Crippen LogP contribution in [0, 0.1) is 5.92 Å². The van der Waals surface area contributed by atoms with Crippen LogP contribution >= 0.6 is 0 Å². The molecule has 0 aliphatic rings. The van der Waals surface area contributed by atoms with E-state index < -0.39 is 0 Å². The minimum absolute atomic E-state index is 0.604. The zero-order valence-corrected chi connectivity index (χ0v) is 10.9. The summed E-state index contributed by atoms with van der Waals surface area (Å²) in [6.45, 7) is 7.74. The van der Waals surface area contributed by atoms with Crippen molar-refractivity contribution in [3.8, 4) is 0 Å². The average Bonchev–Trinajstić information content (AvgIpc) is 2.60. The van der Waals surface area contributed by atoms with Gasteiger partial charge in [0.2, 0.25) is 0 Å². The molecule has 1 heterocycles. The van der Waals surface area contributed by atoms with Crippen molar-refractivity contribution in [3.63, 3.8) is 0 Å². The lowest BCUT2D eigenvalue weighted by Gasteiger charge is -2.19. The molecule has 92 valence electrons. The molecule has 1 unspecified atom stereocenters. The van der Waals surface area contributed by atoms with E-state index in [1.165, 1.54) is 6.42 Å². The maximum atomic E-state index is 4.11. The highest BCUT2D eigenvalue weighted by Crippen LogP contribution is 2.10. The third-order valence-electron chi connectivity index (χ3n) is 2.65. The van der Waals surface area contributed by atoms with Crippen LogP contribution in [0.25, 0.3) is 0 Å². The van der Waals surface area contributed by atoms with Crippen molar-refractivity contribution in [1.29, 1.82) is 0 Å². The Labute approximate surface area is 98.4 Å². The molecule has 16 heavy (non-hydrogen) atoms. The van der Waals surface area contributed by atoms with Crippen LogP contribution in [-0.2, 0) is 13.5 Å². The number of nitrogens with zero attached hydrogens (tertiary/aromatic N) is 3. The van der Waals surface area contributed by atoms with Gasteiger partial charge >= 0.3 is 0 Å². The molecule has 0 saturated heterocycles. The molecule has 0 bridgehead atoms. The quantitative estimate of drug-likeness (QED) is 0.767. The Bertz CT molecular complexity index is 293. The number of aromatic nitrogens is 3. The van der Waals surface area contributed by atoms with Crippen molar-refractivity contribution >= 4 is 0 Å². The van der Waals surface area contributed by atoms with E-state index in [9.17, 15) is 0 Å². The van der Waals surface area contributed by atoms with Crippen molar-refractivity contribution < 1.29 is 0 Å². The van der Waals surface area contributed by atoms with Crippen molar-refractivity contribution in [3.05, 3.63) is 11.9 Å². The molecule has 0 amide bonds. The predicted octanol–water partition coefficient (Wildman–Crippen LogP) is 1.77. The molecule has 1 aromatic heterocycles. The summed E-state index contributed by atoms with van der Waals surface area (Å²) >= 11 is 0. The Balaban J connectivity index is 2.36. The summed E-state index contributed by atoms with van der Waals surface area (Å²) < 4.78 is 1.76. The number of aryl methyl sites for hydroxylation is 2. The van der Waals surface area contributed by atoms with Gasteiger partial charge in [0.05, 0.1) is 5.69 Å². The van der Waals surface area contributed by atoms with Gasteiger partial charge in [0.1, 0.15) is 0 Å². The third-order valence-corrected chi connectivity index (χ3v) is 2.65.